The molecular formula is C23H26N4O3. The minimum atomic E-state index is -0.205. The number of aromatic nitrogens is 2. The SMILES string of the molecule is COc1ccccc1CNC(=O)c1c(C)oc2nc(C3CC3)nc(NC3(C)CC3)c12. The first-order chi connectivity index (χ1) is 14.5. The van der Waals surface area contributed by atoms with Gasteiger partial charge in [0.25, 0.3) is 5.91 Å². The molecule has 0 radical (unpaired) electrons. The molecule has 2 aromatic heterocycles. The van der Waals surface area contributed by atoms with Gasteiger partial charge in [-0.05, 0) is 45.6 Å². The van der Waals surface area contributed by atoms with Crippen LogP contribution >= 0.6 is 0 Å². The highest BCUT2D eigenvalue weighted by molar-refractivity contribution is 6.10. The molecule has 0 spiro atoms. The average molecular weight is 406 g/mol. The maximum Gasteiger partial charge on any atom is 0.255 e. The molecule has 0 saturated heterocycles. The van der Waals surface area contributed by atoms with Gasteiger partial charge in [0, 0.05) is 23.6 Å². The zero-order valence-corrected chi connectivity index (χ0v) is 17.5. The number of methoxy groups -OCH3 is 1. The summed E-state index contributed by atoms with van der Waals surface area (Å²) in [5, 5.41) is 7.22. The van der Waals surface area contributed by atoms with E-state index in [9.17, 15) is 4.79 Å². The highest BCUT2D eigenvalue weighted by Crippen LogP contribution is 2.43. The molecule has 2 N–H and O–H groups in total. The molecule has 7 heteroatoms. The number of hydrogen-bond donors (Lipinski definition) is 2. The smallest absolute Gasteiger partial charge is 0.255 e. The third kappa shape index (κ3) is 3.49. The first kappa shape index (κ1) is 18.9. The number of rotatable bonds is 7. The first-order valence-corrected chi connectivity index (χ1v) is 10.5. The standard InChI is InChI=1S/C23H26N4O3/c1-13-17(21(28)24-12-15-6-4-5-7-16(15)29-3)18-20(27-23(2)10-11-23)25-19(14-8-9-14)26-22(18)30-13/h4-7,14H,8-12H2,1-3H3,(H,24,28)(H,25,26,27). The largest absolute Gasteiger partial charge is 0.496 e. The van der Waals surface area contributed by atoms with E-state index in [1.807, 2.05) is 24.3 Å². The Balaban J connectivity index is 1.50. The molecule has 5 rings (SSSR count). The van der Waals surface area contributed by atoms with Gasteiger partial charge in [0.15, 0.2) is 0 Å². The Labute approximate surface area is 175 Å². The van der Waals surface area contributed by atoms with Crippen LogP contribution in [-0.2, 0) is 6.54 Å². The summed E-state index contributed by atoms with van der Waals surface area (Å²) in [6.45, 7) is 4.33. The summed E-state index contributed by atoms with van der Waals surface area (Å²) < 4.78 is 11.3. The Bertz CT molecular complexity index is 1130. The van der Waals surface area contributed by atoms with Crippen molar-refractivity contribution in [2.75, 3.05) is 12.4 Å². The van der Waals surface area contributed by atoms with Gasteiger partial charge in [0.1, 0.15) is 23.2 Å². The number of nitrogens with zero attached hydrogens (tertiary/aromatic N) is 2. The number of nitrogens with one attached hydrogen (secondary N) is 2. The van der Waals surface area contributed by atoms with Gasteiger partial charge in [-0.2, -0.15) is 4.98 Å². The van der Waals surface area contributed by atoms with Crippen LogP contribution in [0, 0.1) is 6.92 Å². The Hall–Kier alpha value is -3.09. The van der Waals surface area contributed by atoms with Gasteiger partial charge in [-0.1, -0.05) is 18.2 Å². The fourth-order valence-electron chi connectivity index (χ4n) is 3.73. The summed E-state index contributed by atoms with van der Waals surface area (Å²) >= 11 is 0. The number of furan rings is 1. The highest BCUT2D eigenvalue weighted by Gasteiger charge is 2.39. The lowest BCUT2D eigenvalue weighted by atomic mass is 10.1. The molecule has 1 aromatic carbocycles. The van der Waals surface area contributed by atoms with Crippen molar-refractivity contribution in [2.24, 2.45) is 0 Å². The van der Waals surface area contributed by atoms with Crippen LogP contribution in [0.1, 0.15) is 66.0 Å². The lowest BCUT2D eigenvalue weighted by molar-refractivity contribution is 0.0950. The number of carbonyl (C=O) groups is 1. The van der Waals surface area contributed by atoms with E-state index in [1.165, 1.54) is 0 Å². The molecule has 2 aliphatic rings. The van der Waals surface area contributed by atoms with Crippen molar-refractivity contribution in [1.82, 2.24) is 15.3 Å². The monoisotopic (exact) mass is 406 g/mol. The summed E-state index contributed by atoms with van der Waals surface area (Å²) in [7, 11) is 1.62. The Morgan fingerprint density at radius 3 is 2.73 bits per heavy atom. The molecule has 30 heavy (non-hydrogen) atoms. The Morgan fingerprint density at radius 2 is 2.03 bits per heavy atom. The number of hydrogen-bond acceptors (Lipinski definition) is 6. The summed E-state index contributed by atoms with van der Waals surface area (Å²) in [6, 6.07) is 7.65. The first-order valence-electron chi connectivity index (χ1n) is 10.5. The van der Waals surface area contributed by atoms with Crippen molar-refractivity contribution in [3.63, 3.8) is 0 Å². The highest BCUT2D eigenvalue weighted by atomic mass is 16.5. The van der Waals surface area contributed by atoms with Crippen LogP contribution in [0.15, 0.2) is 28.7 Å². The quantitative estimate of drug-likeness (QED) is 0.608. The molecular weight excluding hydrogens is 380 g/mol. The normalized spacial score (nSPS) is 17.0. The van der Waals surface area contributed by atoms with E-state index in [0.717, 1.165) is 42.8 Å². The van der Waals surface area contributed by atoms with Crippen LogP contribution in [0.3, 0.4) is 0 Å². The van der Waals surface area contributed by atoms with Gasteiger partial charge in [0.2, 0.25) is 5.71 Å². The third-order valence-electron chi connectivity index (χ3n) is 5.97. The zero-order valence-electron chi connectivity index (χ0n) is 17.5. The predicted molar refractivity (Wildman–Crippen MR) is 114 cm³/mol. The van der Waals surface area contributed by atoms with E-state index in [1.54, 1.807) is 14.0 Å². The minimum Gasteiger partial charge on any atom is -0.496 e. The molecule has 0 aliphatic heterocycles. The lowest BCUT2D eigenvalue weighted by Crippen LogP contribution is -2.24. The maximum atomic E-state index is 13.2. The topological polar surface area (TPSA) is 89.3 Å². The summed E-state index contributed by atoms with van der Waals surface area (Å²) in [4.78, 5) is 22.6. The van der Waals surface area contributed by atoms with Crippen LogP contribution < -0.4 is 15.4 Å². The number of para-hydroxylation sites is 1. The minimum absolute atomic E-state index is 0.0262. The van der Waals surface area contributed by atoms with Crippen molar-refractivity contribution >= 4 is 22.8 Å². The zero-order chi connectivity index (χ0) is 20.9. The van der Waals surface area contributed by atoms with Crippen LogP contribution in [0.5, 0.6) is 5.75 Å². The van der Waals surface area contributed by atoms with Gasteiger partial charge in [-0.3, -0.25) is 4.79 Å². The number of ether oxygens (including phenoxy) is 1. The van der Waals surface area contributed by atoms with Crippen LogP contribution in [0.4, 0.5) is 5.82 Å². The Kier molecular flexibility index (Phi) is 4.41. The van der Waals surface area contributed by atoms with E-state index in [-0.39, 0.29) is 11.4 Å². The summed E-state index contributed by atoms with van der Waals surface area (Å²) in [5.41, 5.74) is 1.92. The van der Waals surface area contributed by atoms with Crippen molar-refractivity contribution in [3.05, 3.63) is 47.0 Å². The second-order valence-electron chi connectivity index (χ2n) is 8.60. The molecule has 2 heterocycles. The summed E-state index contributed by atoms with van der Waals surface area (Å²) in [6.07, 6.45) is 4.38. The fourth-order valence-corrected chi connectivity index (χ4v) is 3.73. The fraction of sp³-hybridized carbons (Fsp3) is 0.435. The maximum absolute atomic E-state index is 13.2. The van der Waals surface area contributed by atoms with Crippen molar-refractivity contribution in [1.29, 1.82) is 0 Å². The van der Waals surface area contributed by atoms with Crippen LogP contribution in [0.2, 0.25) is 0 Å². The van der Waals surface area contributed by atoms with Gasteiger partial charge < -0.3 is 19.8 Å². The van der Waals surface area contributed by atoms with Gasteiger partial charge >= 0.3 is 0 Å². The molecule has 2 saturated carbocycles. The van der Waals surface area contributed by atoms with Crippen LogP contribution in [-0.4, -0.2) is 28.5 Å². The lowest BCUT2D eigenvalue weighted by Gasteiger charge is -2.15. The van der Waals surface area contributed by atoms with Gasteiger partial charge in [-0.15, -0.1) is 0 Å². The molecule has 0 bridgehead atoms. The molecule has 0 atom stereocenters. The average Bonchev–Trinajstić information content (AvgIpc) is 3.66. The van der Waals surface area contributed by atoms with Gasteiger partial charge in [0.05, 0.1) is 18.1 Å². The number of amides is 1. The second kappa shape index (κ2) is 7.00. The van der Waals surface area contributed by atoms with Gasteiger partial charge in [-0.25, -0.2) is 4.98 Å². The van der Waals surface area contributed by atoms with E-state index in [4.69, 9.17) is 14.1 Å². The van der Waals surface area contributed by atoms with E-state index >= 15 is 0 Å². The number of fused-ring (bicyclic) bond motifs is 1. The molecule has 7 nitrogen and oxygen atoms in total. The third-order valence-corrected chi connectivity index (χ3v) is 5.97. The second-order valence-corrected chi connectivity index (χ2v) is 8.60. The molecule has 3 aromatic rings. The molecule has 156 valence electrons. The van der Waals surface area contributed by atoms with E-state index in [0.29, 0.717) is 40.7 Å². The molecule has 2 fully saturated rings. The molecule has 2 aliphatic carbocycles. The predicted octanol–water partition coefficient (Wildman–Crippen LogP) is 4.31. The molecule has 1 amide bonds. The Morgan fingerprint density at radius 1 is 1.27 bits per heavy atom. The van der Waals surface area contributed by atoms with Crippen molar-refractivity contribution in [3.8, 4) is 5.75 Å². The number of benzene rings is 1. The van der Waals surface area contributed by atoms with Crippen molar-refractivity contribution in [2.45, 2.75) is 57.5 Å². The number of carbonyl (C=O) groups excluding carboxylic acids is 1. The summed E-state index contributed by atoms with van der Waals surface area (Å²) in [5.74, 6) is 3.01. The number of aryl methyl sites for hydroxylation is 1. The van der Waals surface area contributed by atoms with Crippen molar-refractivity contribution < 1.29 is 13.9 Å². The molecule has 0 unspecified atom stereocenters. The van der Waals surface area contributed by atoms with Crippen LogP contribution in [0.25, 0.3) is 11.1 Å². The van der Waals surface area contributed by atoms with E-state index < -0.39 is 0 Å². The van der Waals surface area contributed by atoms with E-state index in [2.05, 4.69) is 22.5 Å². The number of anilines is 1.